The fourth-order valence-corrected chi connectivity index (χ4v) is 13.0. The van der Waals surface area contributed by atoms with Crippen molar-refractivity contribution in [2.45, 2.75) is 169 Å². The second kappa shape index (κ2) is 22.4. The van der Waals surface area contributed by atoms with E-state index in [1.54, 1.807) is 5.57 Å². The molecule has 342 valence electrons. The summed E-state index contributed by atoms with van der Waals surface area (Å²) in [5.74, 6) is 2.97. The quantitative estimate of drug-likeness (QED) is 0.0474. The molecule has 4 aliphatic carbocycles. The average molecular weight is 865 g/mol. The maximum Gasteiger partial charge on any atom is 0.303 e. The van der Waals surface area contributed by atoms with E-state index in [0.717, 1.165) is 48.3 Å². The summed E-state index contributed by atoms with van der Waals surface area (Å²) in [6, 6.07) is 0. The zero-order valence-corrected chi connectivity index (χ0v) is 38.9. The number of allylic oxidation sites excluding steroid dienone is 1. The molecule has 1 saturated heterocycles. The van der Waals surface area contributed by atoms with Crippen LogP contribution in [-0.4, -0.2) is 105 Å². The molecule has 0 aromatic carbocycles. The first-order valence-electron chi connectivity index (χ1n) is 22.9. The molecule has 60 heavy (non-hydrogen) atoms. The molecule has 1 aliphatic heterocycles. The number of carbonyl (C=O) groups is 4. The van der Waals surface area contributed by atoms with Crippen LogP contribution in [0.5, 0.6) is 0 Å². The summed E-state index contributed by atoms with van der Waals surface area (Å²) in [4.78, 5) is 47.7. The van der Waals surface area contributed by atoms with Gasteiger partial charge in [-0.1, -0.05) is 65.5 Å². The van der Waals surface area contributed by atoms with Crippen LogP contribution in [0.4, 0.5) is 0 Å². The lowest BCUT2D eigenvalue weighted by Gasteiger charge is -2.58. The van der Waals surface area contributed by atoms with Gasteiger partial charge in [0.1, 0.15) is 18.1 Å². The van der Waals surface area contributed by atoms with E-state index >= 15 is 0 Å². The highest BCUT2D eigenvalue weighted by atomic mass is 32.2. The number of hydrogen-bond acceptors (Lipinski definition) is 13. The Hall–Kier alpha value is -2.19. The summed E-state index contributed by atoms with van der Waals surface area (Å²) in [7, 11) is 0. The van der Waals surface area contributed by atoms with E-state index in [1.807, 2.05) is 0 Å². The van der Waals surface area contributed by atoms with Crippen LogP contribution in [0.25, 0.3) is 0 Å². The van der Waals surface area contributed by atoms with Crippen LogP contribution in [0.2, 0.25) is 0 Å². The van der Waals surface area contributed by atoms with Crippen LogP contribution in [0.3, 0.4) is 0 Å². The van der Waals surface area contributed by atoms with Crippen LogP contribution in [0, 0.1) is 46.3 Å². The predicted molar refractivity (Wildman–Crippen MR) is 229 cm³/mol. The van der Waals surface area contributed by atoms with Crippen LogP contribution in [0.15, 0.2) is 11.6 Å². The first-order valence-corrected chi connectivity index (χ1v) is 24.0. The first-order chi connectivity index (χ1) is 28.5. The predicted octanol–water partition coefficient (Wildman–Crippen LogP) is 8.26. The third kappa shape index (κ3) is 12.5. The SMILES string of the molecule is CC(=O)OC[C@H]1O[C@@H](SCCOCCOCCO[C@@H]2CC[C@@]3(C)C(=CC[C@H]4[C@@H]5CC[C@H]([C@H](C)CCCC(C)C)[C@@]5(C)CC[C@@H]43)C2)[C@H](OC(C)=O)[C@@H](OC(C)=O)[C@H]1OC(C)=O. The molecule has 0 aromatic rings. The van der Waals surface area contributed by atoms with Crippen molar-refractivity contribution in [3.8, 4) is 0 Å². The number of thioether (sulfide) groups is 1. The van der Waals surface area contributed by atoms with Gasteiger partial charge >= 0.3 is 23.9 Å². The van der Waals surface area contributed by atoms with Gasteiger partial charge < -0.3 is 37.9 Å². The Morgan fingerprint density at radius 2 is 1.43 bits per heavy atom. The molecule has 1 heterocycles. The fourth-order valence-electron chi connectivity index (χ4n) is 11.9. The number of esters is 4. The van der Waals surface area contributed by atoms with E-state index in [-0.39, 0.29) is 12.7 Å². The maximum absolute atomic E-state index is 12.1. The van der Waals surface area contributed by atoms with Gasteiger partial charge in [0.25, 0.3) is 0 Å². The van der Waals surface area contributed by atoms with E-state index in [1.165, 1.54) is 97.2 Å². The lowest BCUT2D eigenvalue weighted by atomic mass is 9.47. The normalized spacial score (nSPS) is 35.3. The van der Waals surface area contributed by atoms with Gasteiger partial charge in [-0.2, -0.15) is 0 Å². The van der Waals surface area contributed by atoms with E-state index in [2.05, 4.69) is 40.7 Å². The Balaban J connectivity index is 1.01. The van der Waals surface area contributed by atoms with Crippen molar-refractivity contribution in [2.24, 2.45) is 46.3 Å². The molecule has 0 amide bonds. The molecule has 0 spiro atoms. The smallest absolute Gasteiger partial charge is 0.303 e. The van der Waals surface area contributed by atoms with E-state index < -0.39 is 53.7 Å². The molecule has 3 saturated carbocycles. The van der Waals surface area contributed by atoms with Crippen molar-refractivity contribution in [1.82, 2.24) is 0 Å². The van der Waals surface area contributed by atoms with Crippen molar-refractivity contribution in [2.75, 3.05) is 45.4 Å². The van der Waals surface area contributed by atoms with E-state index in [0.29, 0.717) is 49.6 Å². The van der Waals surface area contributed by atoms with Crippen LogP contribution in [0.1, 0.15) is 133 Å². The Kier molecular flexibility index (Phi) is 18.3. The Bertz CT molecular complexity index is 1470. The fraction of sp³-hybridized carbons (Fsp3) is 0.872. The Morgan fingerprint density at radius 1 is 0.767 bits per heavy atom. The highest BCUT2D eigenvalue weighted by Gasteiger charge is 2.59. The third-order valence-corrected chi connectivity index (χ3v) is 15.8. The van der Waals surface area contributed by atoms with E-state index in [9.17, 15) is 19.2 Å². The van der Waals surface area contributed by atoms with Gasteiger partial charge in [-0.05, 0) is 97.7 Å². The maximum atomic E-state index is 12.1. The third-order valence-electron chi connectivity index (χ3n) is 14.7. The highest BCUT2D eigenvalue weighted by Crippen LogP contribution is 2.67. The number of ether oxygens (including phenoxy) is 8. The van der Waals surface area contributed by atoms with Crippen molar-refractivity contribution in [3.05, 3.63) is 11.6 Å². The van der Waals surface area contributed by atoms with Crippen molar-refractivity contribution >= 4 is 35.6 Å². The molecule has 0 unspecified atom stereocenters. The molecular formula is C47H76O12S. The zero-order chi connectivity index (χ0) is 43.6. The molecule has 13 atom stereocenters. The molecule has 12 nitrogen and oxygen atoms in total. The second-order valence-corrected chi connectivity index (χ2v) is 20.4. The Labute approximate surface area is 363 Å². The van der Waals surface area contributed by atoms with Gasteiger partial charge in [0.05, 0.1) is 39.1 Å². The van der Waals surface area contributed by atoms with Crippen LogP contribution in [-0.2, 0) is 57.1 Å². The molecule has 4 fully saturated rings. The summed E-state index contributed by atoms with van der Waals surface area (Å²) in [5.41, 5.74) is 1.64. The molecule has 0 aromatic heterocycles. The minimum Gasteiger partial charge on any atom is -0.463 e. The zero-order valence-electron chi connectivity index (χ0n) is 38.0. The highest BCUT2D eigenvalue weighted by molar-refractivity contribution is 7.99. The summed E-state index contributed by atoms with van der Waals surface area (Å²) < 4.78 is 45.8. The molecule has 5 aliphatic rings. The average Bonchev–Trinajstić information content (AvgIpc) is 3.53. The van der Waals surface area contributed by atoms with Gasteiger partial charge in [0.15, 0.2) is 18.3 Å². The summed E-state index contributed by atoms with van der Waals surface area (Å²) in [6.45, 7) is 19.3. The minimum absolute atomic E-state index is 0.241. The molecule has 0 N–H and O–H groups in total. The van der Waals surface area contributed by atoms with Crippen LogP contribution < -0.4 is 0 Å². The summed E-state index contributed by atoms with van der Waals surface area (Å²) in [5, 5.41) is 0. The molecule has 13 heteroatoms. The monoisotopic (exact) mass is 865 g/mol. The van der Waals surface area contributed by atoms with E-state index in [4.69, 9.17) is 37.9 Å². The summed E-state index contributed by atoms with van der Waals surface area (Å²) >= 11 is 1.28. The van der Waals surface area contributed by atoms with Gasteiger partial charge in [0, 0.05) is 33.4 Å². The summed E-state index contributed by atoms with van der Waals surface area (Å²) in [6.07, 6.45) is 12.9. The van der Waals surface area contributed by atoms with Crippen molar-refractivity contribution in [3.63, 3.8) is 0 Å². The molecule has 0 bridgehead atoms. The number of hydrogen-bond donors (Lipinski definition) is 0. The largest absolute Gasteiger partial charge is 0.463 e. The molecule has 0 radical (unpaired) electrons. The molecule has 5 rings (SSSR count). The number of rotatable bonds is 21. The van der Waals surface area contributed by atoms with Gasteiger partial charge in [0.2, 0.25) is 0 Å². The minimum atomic E-state index is -1.18. The van der Waals surface area contributed by atoms with Gasteiger partial charge in [-0.3, -0.25) is 19.2 Å². The first kappa shape index (κ1) is 48.8. The Morgan fingerprint density at radius 3 is 2.12 bits per heavy atom. The number of carbonyl (C=O) groups excluding carboxylic acids is 4. The lowest BCUT2D eigenvalue weighted by molar-refractivity contribution is -0.237. The second-order valence-electron chi connectivity index (χ2n) is 19.2. The molecular weight excluding hydrogens is 789 g/mol. The van der Waals surface area contributed by atoms with Crippen molar-refractivity contribution in [1.29, 1.82) is 0 Å². The van der Waals surface area contributed by atoms with Gasteiger partial charge in [-0.15, -0.1) is 11.8 Å². The standard InChI is InChI=1S/C47H76O12S/c1-29(2)11-10-12-30(3)38-15-16-39-37-14-13-35-27-36(17-19-46(35,8)40(37)18-20-47(38,39)9)54-24-23-52-21-22-53-25-26-60-45-44(58-34(7)51)43(57-33(6)50)42(56-32(5)49)41(59-45)28-55-31(4)48/h13,29-30,36-45H,10-12,14-28H2,1-9H3/t30-,36-,37+,38-,39+,40+,41-,42+,43+,44-,45+,46+,47-/m1/s1. The lowest BCUT2D eigenvalue weighted by Crippen LogP contribution is -2.61. The van der Waals surface area contributed by atoms with Gasteiger partial charge in [-0.25, -0.2) is 0 Å². The van der Waals surface area contributed by atoms with Crippen molar-refractivity contribution < 1.29 is 57.1 Å². The van der Waals surface area contributed by atoms with Crippen LogP contribution >= 0.6 is 11.8 Å². The number of fused-ring (bicyclic) bond motifs is 5. The topological polar surface area (TPSA) is 142 Å².